The molecule has 0 fully saturated rings. The summed E-state index contributed by atoms with van der Waals surface area (Å²) in [5.74, 6) is 0. The van der Waals surface area contributed by atoms with Gasteiger partial charge in [-0.2, -0.15) is 0 Å². The molecule has 1 atom stereocenters. The molecule has 17 heavy (non-hydrogen) atoms. The zero-order chi connectivity index (χ0) is 13.3. The van der Waals surface area contributed by atoms with Crippen molar-refractivity contribution in [1.82, 2.24) is 5.32 Å². The average molecular weight is 276 g/mol. The van der Waals surface area contributed by atoms with Gasteiger partial charge in [0, 0.05) is 11.3 Å². The SMILES string of the molecule is CNC(c1cccc(Cl)c1)C(C)(C)S(C)(=O)=O. The maximum absolute atomic E-state index is 11.8. The molecule has 3 nitrogen and oxygen atoms in total. The van der Waals surface area contributed by atoms with E-state index in [0.717, 1.165) is 5.56 Å². The monoisotopic (exact) mass is 275 g/mol. The Kier molecular flexibility index (Phi) is 4.23. The summed E-state index contributed by atoms with van der Waals surface area (Å²) in [6, 6.07) is 6.96. The maximum atomic E-state index is 11.8. The molecule has 1 N–H and O–H groups in total. The van der Waals surface area contributed by atoms with E-state index in [1.165, 1.54) is 6.26 Å². The summed E-state index contributed by atoms with van der Waals surface area (Å²) in [5.41, 5.74) is 0.871. The molecule has 0 saturated heterocycles. The predicted octanol–water partition coefficient (Wildman–Crippen LogP) is 2.42. The van der Waals surface area contributed by atoms with Crippen molar-refractivity contribution in [2.45, 2.75) is 24.6 Å². The Morgan fingerprint density at radius 1 is 1.35 bits per heavy atom. The van der Waals surface area contributed by atoms with Gasteiger partial charge in [-0.3, -0.25) is 0 Å². The highest BCUT2D eigenvalue weighted by Gasteiger charge is 2.39. The fourth-order valence-corrected chi connectivity index (χ4v) is 2.70. The smallest absolute Gasteiger partial charge is 0.154 e. The number of nitrogens with one attached hydrogen (secondary N) is 1. The van der Waals surface area contributed by atoms with Crippen LogP contribution in [0.15, 0.2) is 24.3 Å². The van der Waals surface area contributed by atoms with Crippen LogP contribution in [0.25, 0.3) is 0 Å². The maximum Gasteiger partial charge on any atom is 0.154 e. The van der Waals surface area contributed by atoms with Crippen LogP contribution in [0.5, 0.6) is 0 Å². The third-order valence-electron chi connectivity index (χ3n) is 3.12. The molecule has 0 heterocycles. The molecule has 1 aromatic rings. The Hall–Kier alpha value is -0.580. The van der Waals surface area contributed by atoms with Crippen LogP contribution < -0.4 is 5.32 Å². The molecule has 0 bridgehead atoms. The highest BCUT2D eigenvalue weighted by molar-refractivity contribution is 7.92. The van der Waals surface area contributed by atoms with Gasteiger partial charge < -0.3 is 5.32 Å². The molecule has 0 amide bonds. The van der Waals surface area contributed by atoms with Crippen molar-refractivity contribution < 1.29 is 8.42 Å². The Balaban J connectivity index is 3.26. The lowest BCUT2D eigenvalue weighted by Crippen LogP contribution is -2.43. The van der Waals surface area contributed by atoms with Crippen molar-refractivity contribution in [2.24, 2.45) is 0 Å². The standard InChI is InChI=1S/C12H18ClNO2S/c1-12(2,17(4,15)16)11(14-3)9-6-5-7-10(13)8-9/h5-8,11,14H,1-4H3. The van der Waals surface area contributed by atoms with Crippen molar-refractivity contribution >= 4 is 21.4 Å². The van der Waals surface area contributed by atoms with E-state index < -0.39 is 14.6 Å². The quantitative estimate of drug-likeness (QED) is 0.918. The van der Waals surface area contributed by atoms with Crippen LogP contribution in [0.2, 0.25) is 5.02 Å². The molecule has 0 aliphatic heterocycles. The second-order valence-corrected chi connectivity index (χ2v) is 7.69. The average Bonchev–Trinajstić information content (AvgIpc) is 2.16. The molecule has 96 valence electrons. The van der Waals surface area contributed by atoms with E-state index in [1.54, 1.807) is 33.0 Å². The summed E-state index contributed by atoms with van der Waals surface area (Å²) in [4.78, 5) is 0. The summed E-state index contributed by atoms with van der Waals surface area (Å²) >= 11 is 5.93. The second-order valence-electron chi connectivity index (χ2n) is 4.65. The molecule has 0 spiro atoms. The van der Waals surface area contributed by atoms with Gasteiger partial charge in [-0.15, -0.1) is 0 Å². The minimum Gasteiger partial charge on any atom is -0.312 e. The van der Waals surface area contributed by atoms with E-state index in [4.69, 9.17) is 11.6 Å². The van der Waals surface area contributed by atoms with Crippen molar-refractivity contribution in [3.8, 4) is 0 Å². The van der Waals surface area contributed by atoms with E-state index in [2.05, 4.69) is 5.32 Å². The number of benzene rings is 1. The highest BCUT2D eigenvalue weighted by Crippen LogP contribution is 2.32. The minimum absolute atomic E-state index is 0.295. The first-order valence-electron chi connectivity index (χ1n) is 5.32. The lowest BCUT2D eigenvalue weighted by Gasteiger charge is -2.32. The Labute approximate surface area is 108 Å². The van der Waals surface area contributed by atoms with Crippen LogP contribution in [-0.2, 0) is 9.84 Å². The first kappa shape index (κ1) is 14.5. The number of hydrogen-bond donors (Lipinski definition) is 1. The van der Waals surface area contributed by atoms with Gasteiger partial charge >= 0.3 is 0 Å². The highest BCUT2D eigenvalue weighted by atomic mass is 35.5. The molecule has 1 unspecified atom stereocenters. The van der Waals surface area contributed by atoms with Gasteiger partial charge in [-0.1, -0.05) is 23.7 Å². The zero-order valence-corrected chi connectivity index (χ0v) is 12.1. The largest absolute Gasteiger partial charge is 0.312 e. The minimum atomic E-state index is -3.18. The van der Waals surface area contributed by atoms with E-state index >= 15 is 0 Å². The summed E-state index contributed by atoms with van der Waals surface area (Å²) < 4.78 is 22.8. The van der Waals surface area contributed by atoms with Gasteiger partial charge in [0.2, 0.25) is 0 Å². The Bertz CT molecular complexity index is 497. The van der Waals surface area contributed by atoms with Crippen molar-refractivity contribution in [3.05, 3.63) is 34.9 Å². The summed E-state index contributed by atoms with van der Waals surface area (Å²) in [7, 11) is -1.43. The Morgan fingerprint density at radius 2 is 1.94 bits per heavy atom. The van der Waals surface area contributed by atoms with Gasteiger partial charge in [0.15, 0.2) is 9.84 Å². The van der Waals surface area contributed by atoms with Gasteiger partial charge in [0.05, 0.1) is 10.8 Å². The first-order chi connectivity index (χ1) is 7.70. The summed E-state index contributed by atoms with van der Waals surface area (Å²) in [6.07, 6.45) is 1.25. The molecule has 0 aliphatic rings. The predicted molar refractivity (Wildman–Crippen MR) is 72.2 cm³/mol. The van der Waals surface area contributed by atoms with Gasteiger partial charge in [-0.05, 0) is 38.6 Å². The fraction of sp³-hybridized carbons (Fsp3) is 0.500. The first-order valence-corrected chi connectivity index (χ1v) is 7.59. The van der Waals surface area contributed by atoms with Crippen molar-refractivity contribution in [2.75, 3.05) is 13.3 Å². The molecule has 0 radical (unpaired) electrons. The lowest BCUT2D eigenvalue weighted by atomic mass is 9.95. The number of sulfone groups is 1. The third-order valence-corrected chi connectivity index (χ3v) is 5.50. The van der Waals surface area contributed by atoms with E-state index in [1.807, 2.05) is 12.1 Å². The number of hydrogen-bond acceptors (Lipinski definition) is 3. The molecule has 0 aliphatic carbocycles. The summed E-state index contributed by atoms with van der Waals surface area (Å²) in [5, 5.41) is 3.66. The van der Waals surface area contributed by atoms with E-state index in [9.17, 15) is 8.42 Å². The molecule has 1 rings (SSSR count). The lowest BCUT2D eigenvalue weighted by molar-refractivity contribution is 0.446. The molecule has 0 aromatic heterocycles. The zero-order valence-electron chi connectivity index (χ0n) is 10.5. The van der Waals surface area contributed by atoms with Gasteiger partial charge in [0.1, 0.15) is 0 Å². The third kappa shape index (κ3) is 3.00. The summed E-state index contributed by atoms with van der Waals surface area (Å²) in [6.45, 7) is 3.43. The normalized spacial score (nSPS) is 14.6. The van der Waals surface area contributed by atoms with Crippen LogP contribution in [0.1, 0.15) is 25.5 Å². The molecule has 0 saturated carbocycles. The topological polar surface area (TPSA) is 46.2 Å². The number of halogens is 1. The van der Waals surface area contributed by atoms with Crippen LogP contribution >= 0.6 is 11.6 Å². The van der Waals surface area contributed by atoms with Crippen LogP contribution in [-0.4, -0.2) is 26.5 Å². The van der Waals surface area contributed by atoms with Crippen LogP contribution in [0.3, 0.4) is 0 Å². The van der Waals surface area contributed by atoms with E-state index in [-0.39, 0.29) is 6.04 Å². The molecular weight excluding hydrogens is 258 g/mol. The van der Waals surface area contributed by atoms with Crippen molar-refractivity contribution in [3.63, 3.8) is 0 Å². The van der Waals surface area contributed by atoms with Crippen molar-refractivity contribution in [1.29, 1.82) is 0 Å². The van der Waals surface area contributed by atoms with Gasteiger partial charge in [-0.25, -0.2) is 8.42 Å². The molecular formula is C12H18ClNO2S. The fourth-order valence-electron chi connectivity index (χ4n) is 1.82. The second kappa shape index (κ2) is 4.96. The molecule has 1 aromatic carbocycles. The van der Waals surface area contributed by atoms with Crippen LogP contribution in [0, 0.1) is 0 Å². The Morgan fingerprint density at radius 3 is 2.35 bits per heavy atom. The van der Waals surface area contributed by atoms with E-state index in [0.29, 0.717) is 5.02 Å². The van der Waals surface area contributed by atoms with Gasteiger partial charge in [0.25, 0.3) is 0 Å². The molecule has 5 heteroatoms. The number of rotatable bonds is 4. The van der Waals surface area contributed by atoms with Crippen LogP contribution in [0.4, 0.5) is 0 Å².